The summed E-state index contributed by atoms with van der Waals surface area (Å²) in [5.41, 5.74) is -2.16. The molecule has 262 valence electrons. The quantitative estimate of drug-likeness (QED) is 0.263. The second-order valence-corrected chi connectivity index (χ2v) is 16.9. The zero-order valence-electron chi connectivity index (χ0n) is 31.5. The number of ketones is 4. The second kappa shape index (κ2) is 11.7. The smallest absolute Gasteiger partial charge is 0.175 e. The minimum absolute atomic E-state index is 0.0619. The van der Waals surface area contributed by atoms with Crippen LogP contribution < -0.4 is 14.2 Å². The maximum atomic E-state index is 14.3. The zero-order chi connectivity index (χ0) is 36.0. The molecule has 0 amide bonds. The molecular weight excluding hydrogens is 606 g/mol. The van der Waals surface area contributed by atoms with Gasteiger partial charge >= 0.3 is 0 Å². The summed E-state index contributed by atoms with van der Waals surface area (Å²) in [4.78, 5) is 58.7. The van der Waals surface area contributed by atoms with Gasteiger partial charge in [0.1, 0.15) is 35.4 Å². The Balaban J connectivity index is 1.85. The standard InChI is InChI=1S/C40H55NO7/c1-15-41(16-2)17-18-46-22-19-23-27(25(21(5)6)28-31(42)37(7,8)35(44)39(11,12)33(28)47-23)30-26(22)24(20(3)4)29-32(43)38(9,10)36(45)40(13,14)34(29)48-30/h19-21,24-25H,15-18H2,1-14H3/t24-,25+/m0/s1. The van der Waals surface area contributed by atoms with E-state index in [9.17, 15) is 19.2 Å². The highest BCUT2D eigenvalue weighted by molar-refractivity contribution is 6.21. The summed E-state index contributed by atoms with van der Waals surface area (Å²) in [6.07, 6.45) is 0. The van der Waals surface area contributed by atoms with E-state index in [2.05, 4.69) is 46.4 Å². The van der Waals surface area contributed by atoms with Gasteiger partial charge in [-0.3, -0.25) is 19.2 Å². The van der Waals surface area contributed by atoms with E-state index in [0.29, 0.717) is 58.6 Å². The van der Waals surface area contributed by atoms with E-state index in [0.717, 1.165) is 18.7 Å². The first-order valence-electron chi connectivity index (χ1n) is 17.7. The van der Waals surface area contributed by atoms with Crippen molar-refractivity contribution >= 4 is 23.1 Å². The number of Topliss-reactive ketones (excluding diaryl/α,β-unsaturated/α-hetero) is 4. The van der Waals surface area contributed by atoms with E-state index in [1.54, 1.807) is 27.7 Å². The van der Waals surface area contributed by atoms with Crippen LogP contribution in [0, 0.1) is 33.5 Å². The Bertz CT molecular complexity index is 1660. The third-order valence-electron chi connectivity index (χ3n) is 11.4. The summed E-state index contributed by atoms with van der Waals surface area (Å²) < 4.78 is 20.3. The van der Waals surface area contributed by atoms with Crippen molar-refractivity contribution in [2.75, 3.05) is 26.2 Å². The highest BCUT2D eigenvalue weighted by atomic mass is 16.5. The first-order valence-corrected chi connectivity index (χ1v) is 17.7. The van der Waals surface area contributed by atoms with Crippen molar-refractivity contribution in [3.8, 4) is 17.2 Å². The van der Waals surface area contributed by atoms with Gasteiger partial charge in [0, 0.05) is 46.7 Å². The van der Waals surface area contributed by atoms with Crippen molar-refractivity contribution < 1.29 is 33.4 Å². The molecule has 0 bridgehead atoms. The first kappa shape index (κ1) is 36.0. The molecule has 0 unspecified atom stereocenters. The number of fused-ring (bicyclic) bond motifs is 3. The number of allylic oxidation sites excluding steroid dienone is 4. The maximum absolute atomic E-state index is 14.3. The van der Waals surface area contributed by atoms with Gasteiger partial charge in [-0.15, -0.1) is 0 Å². The molecule has 48 heavy (non-hydrogen) atoms. The van der Waals surface area contributed by atoms with Crippen molar-refractivity contribution in [1.29, 1.82) is 0 Å². The van der Waals surface area contributed by atoms with Crippen LogP contribution in [0.15, 0.2) is 28.7 Å². The van der Waals surface area contributed by atoms with Crippen LogP contribution in [0.25, 0.3) is 0 Å². The summed E-state index contributed by atoms with van der Waals surface area (Å²) in [6.45, 7) is 29.5. The Kier molecular flexibility index (Phi) is 8.76. The van der Waals surface area contributed by atoms with Crippen LogP contribution in [-0.4, -0.2) is 54.3 Å². The number of likely N-dealkylation sites (N-methyl/N-ethyl adjacent to an activating group) is 1. The fourth-order valence-corrected chi connectivity index (χ4v) is 8.66. The van der Waals surface area contributed by atoms with Gasteiger partial charge in [0.2, 0.25) is 0 Å². The zero-order valence-corrected chi connectivity index (χ0v) is 31.5. The molecule has 2 heterocycles. The molecule has 2 aliphatic heterocycles. The van der Waals surface area contributed by atoms with E-state index >= 15 is 0 Å². The number of carbonyl (C=O) groups excluding carboxylic acids is 4. The molecule has 2 aliphatic carbocycles. The third-order valence-corrected chi connectivity index (χ3v) is 11.4. The molecule has 5 rings (SSSR count). The monoisotopic (exact) mass is 661 g/mol. The lowest BCUT2D eigenvalue weighted by Crippen LogP contribution is -2.53. The number of ether oxygens (including phenoxy) is 3. The minimum Gasteiger partial charge on any atom is -0.492 e. The van der Waals surface area contributed by atoms with Crippen LogP contribution in [0.4, 0.5) is 0 Å². The molecule has 0 N–H and O–H groups in total. The molecule has 2 atom stereocenters. The molecule has 8 heteroatoms. The van der Waals surface area contributed by atoms with Gasteiger partial charge in [0.05, 0.1) is 21.7 Å². The number of rotatable bonds is 8. The molecule has 8 nitrogen and oxygen atoms in total. The van der Waals surface area contributed by atoms with Crippen molar-refractivity contribution in [2.45, 2.75) is 109 Å². The van der Waals surface area contributed by atoms with Crippen LogP contribution >= 0.6 is 0 Å². The van der Waals surface area contributed by atoms with Crippen LogP contribution in [0.1, 0.15) is 120 Å². The number of carbonyl (C=O) groups is 4. The van der Waals surface area contributed by atoms with Gasteiger partial charge in [-0.25, -0.2) is 0 Å². The molecule has 0 saturated heterocycles. The Morgan fingerprint density at radius 2 is 1.12 bits per heavy atom. The van der Waals surface area contributed by atoms with Crippen LogP contribution in [0.2, 0.25) is 0 Å². The fraction of sp³-hybridized carbons (Fsp3) is 0.650. The van der Waals surface area contributed by atoms with Crippen LogP contribution in [0.3, 0.4) is 0 Å². The molecule has 0 saturated carbocycles. The maximum Gasteiger partial charge on any atom is 0.175 e. The van der Waals surface area contributed by atoms with Gasteiger partial charge in [0.15, 0.2) is 23.1 Å². The van der Waals surface area contributed by atoms with E-state index < -0.39 is 33.5 Å². The summed E-state index contributed by atoms with van der Waals surface area (Å²) in [6, 6.07) is 1.87. The number of nitrogens with zero attached hydrogens (tertiary/aromatic N) is 1. The highest BCUT2D eigenvalue weighted by Gasteiger charge is 2.61. The first-order chi connectivity index (χ1) is 22.1. The summed E-state index contributed by atoms with van der Waals surface area (Å²) in [7, 11) is 0. The minimum atomic E-state index is -1.24. The highest BCUT2D eigenvalue weighted by Crippen LogP contribution is 2.63. The Hall–Kier alpha value is -3.26. The van der Waals surface area contributed by atoms with Gasteiger partial charge in [0.25, 0.3) is 0 Å². The average Bonchev–Trinajstić information content (AvgIpc) is 3.01. The fourth-order valence-electron chi connectivity index (χ4n) is 8.66. The molecule has 0 radical (unpaired) electrons. The predicted octanol–water partition coefficient (Wildman–Crippen LogP) is 7.59. The van der Waals surface area contributed by atoms with E-state index in [4.69, 9.17) is 14.2 Å². The molecular formula is C40H55NO7. The van der Waals surface area contributed by atoms with Crippen molar-refractivity contribution in [2.24, 2.45) is 33.5 Å². The lowest BCUT2D eigenvalue weighted by atomic mass is 9.58. The Morgan fingerprint density at radius 1 is 0.688 bits per heavy atom. The average molecular weight is 662 g/mol. The number of hydrogen-bond donors (Lipinski definition) is 0. The lowest BCUT2D eigenvalue weighted by Gasteiger charge is -2.48. The lowest BCUT2D eigenvalue weighted by molar-refractivity contribution is -0.146. The van der Waals surface area contributed by atoms with Gasteiger partial charge in [-0.1, -0.05) is 41.5 Å². The summed E-state index contributed by atoms with van der Waals surface area (Å²) in [5.74, 6) is 0.316. The third kappa shape index (κ3) is 4.94. The Labute approximate surface area is 286 Å². The SMILES string of the molecule is CCN(CC)CCOc1cc2c(c3c1[C@H](C(C)C)C1=C(O3)C(C)(C)C(=O)C(C)(C)C1=O)[C@@H](C(C)C)C1=C(O2)C(C)(C)C(=O)C(C)(C)C1=O. The normalized spacial score (nSPS) is 25.1. The molecule has 1 aromatic rings. The molecule has 1 aromatic carbocycles. The van der Waals surface area contributed by atoms with Crippen molar-refractivity contribution in [1.82, 2.24) is 4.90 Å². The Morgan fingerprint density at radius 3 is 1.56 bits per heavy atom. The van der Waals surface area contributed by atoms with E-state index in [1.807, 2.05) is 33.8 Å². The van der Waals surface area contributed by atoms with Crippen LogP contribution in [0.5, 0.6) is 17.2 Å². The second-order valence-electron chi connectivity index (χ2n) is 16.9. The molecule has 0 aromatic heterocycles. The topological polar surface area (TPSA) is 99.2 Å². The number of hydrogen-bond acceptors (Lipinski definition) is 8. The van der Waals surface area contributed by atoms with Crippen molar-refractivity contribution in [3.63, 3.8) is 0 Å². The van der Waals surface area contributed by atoms with E-state index in [-0.39, 0.29) is 35.0 Å². The molecule has 4 aliphatic rings. The molecule has 0 spiro atoms. The van der Waals surface area contributed by atoms with Crippen LogP contribution in [-0.2, 0) is 19.2 Å². The largest absolute Gasteiger partial charge is 0.492 e. The number of benzene rings is 1. The van der Waals surface area contributed by atoms with E-state index in [1.165, 1.54) is 0 Å². The predicted molar refractivity (Wildman–Crippen MR) is 185 cm³/mol. The van der Waals surface area contributed by atoms with Gasteiger partial charge in [-0.05, 0) is 80.3 Å². The summed E-state index contributed by atoms with van der Waals surface area (Å²) >= 11 is 0. The van der Waals surface area contributed by atoms with Gasteiger partial charge in [-0.2, -0.15) is 0 Å². The summed E-state index contributed by atoms with van der Waals surface area (Å²) in [5, 5.41) is 0. The van der Waals surface area contributed by atoms with Gasteiger partial charge < -0.3 is 19.1 Å². The van der Waals surface area contributed by atoms with Crippen molar-refractivity contribution in [3.05, 3.63) is 39.9 Å². The molecule has 0 fully saturated rings.